The summed E-state index contributed by atoms with van der Waals surface area (Å²) in [5.41, 5.74) is 0.631. The summed E-state index contributed by atoms with van der Waals surface area (Å²) in [7, 11) is 2.68. The van der Waals surface area contributed by atoms with Crippen molar-refractivity contribution in [2.45, 2.75) is 0 Å². The van der Waals surface area contributed by atoms with Crippen molar-refractivity contribution in [1.82, 2.24) is 5.32 Å². The molecule has 30 heavy (non-hydrogen) atoms. The van der Waals surface area contributed by atoms with E-state index in [4.69, 9.17) is 9.47 Å². The number of amides is 1. The predicted octanol–water partition coefficient (Wildman–Crippen LogP) is 2.59. The van der Waals surface area contributed by atoms with Crippen LogP contribution in [0, 0.1) is 0 Å². The number of carbonyl (C=O) groups excluding carboxylic acids is 3. The summed E-state index contributed by atoms with van der Waals surface area (Å²) in [6.07, 6.45) is 2.52. The minimum absolute atomic E-state index is 0.161. The van der Waals surface area contributed by atoms with Gasteiger partial charge < -0.3 is 14.2 Å². The molecule has 0 spiro atoms. The third-order valence-corrected chi connectivity index (χ3v) is 5.32. The zero-order valence-electron chi connectivity index (χ0n) is 15.8. The number of hydrogen-bond donors (Lipinski definition) is 1. The van der Waals surface area contributed by atoms with Crippen molar-refractivity contribution in [3.8, 4) is 11.5 Å². The molecule has 1 aromatic heterocycles. The Morgan fingerprint density at radius 2 is 2.00 bits per heavy atom. The second-order valence-electron chi connectivity index (χ2n) is 5.51. The smallest absolute Gasteiger partial charge is 0.353 e. The van der Waals surface area contributed by atoms with Gasteiger partial charge in [-0.2, -0.15) is 5.10 Å². The molecule has 1 N–H and O–H groups in total. The molecule has 0 bridgehead atoms. The Labute approximate surface area is 179 Å². The topological polar surface area (TPSA) is 116 Å². The van der Waals surface area contributed by atoms with E-state index in [9.17, 15) is 14.4 Å². The summed E-state index contributed by atoms with van der Waals surface area (Å²) in [5, 5.41) is 12.3. The van der Waals surface area contributed by atoms with Crippen LogP contribution in [-0.4, -0.2) is 43.4 Å². The first-order chi connectivity index (χ1) is 14.5. The first kappa shape index (κ1) is 21.3. The molecular weight excluding hydrogens is 430 g/mol. The quantitative estimate of drug-likeness (QED) is 0.239. The second-order valence-corrected chi connectivity index (χ2v) is 7.49. The van der Waals surface area contributed by atoms with E-state index in [1.165, 1.54) is 31.8 Å². The summed E-state index contributed by atoms with van der Waals surface area (Å²) >= 11 is 2.25. The zero-order valence-corrected chi connectivity index (χ0v) is 17.4. The lowest BCUT2D eigenvalue weighted by molar-refractivity contribution is -0.135. The van der Waals surface area contributed by atoms with Gasteiger partial charge in [-0.25, -0.2) is 9.59 Å². The van der Waals surface area contributed by atoms with Crippen LogP contribution in [0.15, 0.2) is 56.9 Å². The van der Waals surface area contributed by atoms with Crippen LogP contribution in [0.5, 0.6) is 11.5 Å². The number of benzene rings is 1. The number of nitrogens with one attached hydrogen (secondary N) is 1. The highest BCUT2D eigenvalue weighted by atomic mass is 32.2. The highest BCUT2D eigenvalue weighted by Crippen LogP contribution is 2.29. The van der Waals surface area contributed by atoms with Gasteiger partial charge in [0.2, 0.25) is 0 Å². The summed E-state index contributed by atoms with van der Waals surface area (Å²) in [4.78, 5) is 35.8. The number of hydrogen-bond acceptors (Lipinski definition) is 10. The molecule has 0 unspecified atom stereocenters. The third kappa shape index (κ3) is 5.33. The van der Waals surface area contributed by atoms with E-state index in [2.05, 4.69) is 20.3 Å². The van der Waals surface area contributed by atoms with E-state index >= 15 is 0 Å². The SMILES string of the molecule is COC(=O)/C=C1/S/C(=N\N=Cc2ccc(OC(=O)c3cccs3)c(OC)c2)NC1=O. The standard InChI is InChI=1S/C19H15N3O6S2/c1-26-13-8-11(5-6-12(13)28-18(25)14-4-3-7-29-14)10-20-22-19-21-17(24)15(30-19)9-16(23)27-2/h3-10H,1-2H3,(H,21,22,24)/b15-9+,20-10?. The average Bonchev–Trinajstić information content (AvgIpc) is 3.39. The third-order valence-electron chi connectivity index (χ3n) is 3.57. The molecule has 0 aliphatic carbocycles. The summed E-state index contributed by atoms with van der Waals surface area (Å²) in [5.74, 6) is -0.942. The van der Waals surface area contributed by atoms with Gasteiger partial charge in [0, 0.05) is 6.08 Å². The van der Waals surface area contributed by atoms with Crippen LogP contribution in [0.25, 0.3) is 0 Å². The molecule has 1 aliphatic rings. The van der Waals surface area contributed by atoms with Crippen LogP contribution in [0.2, 0.25) is 0 Å². The minimum Gasteiger partial charge on any atom is -0.493 e. The fourth-order valence-corrected chi connectivity index (χ4v) is 3.52. The fraction of sp³-hybridized carbons (Fsp3) is 0.105. The normalized spacial score (nSPS) is 16.1. The van der Waals surface area contributed by atoms with Gasteiger partial charge >= 0.3 is 11.9 Å². The Balaban J connectivity index is 1.68. The number of thiophene rings is 1. The van der Waals surface area contributed by atoms with Gasteiger partial charge in [-0.3, -0.25) is 10.1 Å². The van der Waals surface area contributed by atoms with Gasteiger partial charge in [0.1, 0.15) is 4.88 Å². The molecule has 2 heterocycles. The highest BCUT2D eigenvalue weighted by molar-refractivity contribution is 8.18. The monoisotopic (exact) mass is 445 g/mol. The van der Waals surface area contributed by atoms with E-state index in [0.29, 0.717) is 16.2 Å². The molecule has 1 amide bonds. The van der Waals surface area contributed by atoms with Crippen LogP contribution in [0.4, 0.5) is 0 Å². The molecule has 1 aliphatic heterocycles. The van der Waals surface area contributed by atoms with Crippen molar-refractivity contribution in [3.05, 3.63) is 57.1 Å². The molecule has 0 saturated carbocycles. The van der Waals surface area contributed by atoms with Crippen molar-refractivity contribution in [2.24, 2.45) is 10.2 Å². The molecule has 154 valence electrons. The van der Waals surface area contributed by atoms with E-state index in [-0.39, 0.29) is 15.8 Å². The van der Waals surface area contributed by atoms with Crippen LogP contribution < -0.4 is 14.8 Å². The second kappa shape index (κ2) is 9.85. The molecule has 0 radical (unpaired) electrons. The highest BCUT2D eigenvalue weighted by Gasteiger charge is 2.25. The molecule has 0 atom stereocenters. The first-order valence-electron chi connectivity index (χ1n) is 8.33. The largest absolute Gasteiger partial charge is 0.493 e. The van der Waals surface area contributed by atoms with E-state index in [1.54, 1.807) is 35.7 Å². The lowest BCUT2D eigenvalue weighted by atomic mass is 10.2. The molecule has 11 heteroatoms. The van der Waals surface area contributed by atoms with Crippen LogP contribution in [0.3, 0.4) is 0 Å². The average molecular weight is 445 g/mol. The summed E-state index contributed by atoms with van der Waals surface area (Å²) in [6.45, 7) is 0. The molecule has 3 rings (SSSR count). The molecule has 1 saturated heterocycles. The Morgan fingerprint density at radius 1 is 1.17 bits per heavy atom. The van der Waals surface area contributed by atoms with Gasteiger partial charge in [0.25, 0.3) is 5.91 Å². The maximum Gasteiger partial charge on any atom is 0.353 e. The van der Waals surface area contributed by atoms with Crippen molar-refractivity contribution < 1.29 is 28.6 Å². The molecular formula is C19H15N3O6S2. The summed E-state index contributed by atoms with van der Waals surface area (Å²) < 4.78 is 15.1. The van der Waals surface area contributed by atoms with Crippen LogP contribution in [-0.2, 0) is 14.3 Å². The van der Waals surface area contributed by atoms with Crippen molar-refractivity contribution in [2.75, 3.05) is 14.2 Å². The van der Waals surface area contributed by atoms with Crippen LogP contribution in [0.1, 0.15) is 15.2 Å². The number of amidine groups is 1. The van der Waals surface area contributed by atoms with E-state index in [0.717, 1.165) is 17.8 Å². The Hall–Kier alpha value is -3.44. The summed E-state index contributed by atoms with van der Waals surface area (Å²) in [6, 6.07) is 8.32. The molecule has 2 aromatic rings. The number of nitrogens with zero attached hydrogens (tertiary/aromatic N) is 2. The van der Waals surface area contributed by atoms with Crippen molar-refractivity contribution >= 4 is 52.3 Å². The van der Waals surface area contributed by atoms with Crippen LogP contribution >= 0.6 is 23.1 Å². The van der Waals surface area contributed by atoms with E-state index in [1.807, 2.05) is 0 Å². The van der Waals surface area contributed by atoms with Crippen molar-refractivity contribution in [1.29, 1.82) is 0 Å². The maximum absolute atomic E-state index is 12.1. The van der Waals surface area contributed by atoms with Gasteiger partial charge in [-0.15, -0.1) is 16.4 Å². The predicted molar refractivity (Wildman–Crippen MR) is 113 cm³/mol. The van der Waals surface area contributed by atoms with Crippen molar-refractivity contribution in [3.63, 3.8) is 0 Å². The Kier molecular flexibility index (Phi) is 6.99. The lowest BCUT2D eigenvalue weighted by Gasteiger charge is -2.09. The minimum atomic E-state index is -0.635. The van der Waals surface area contributed by atoms with Gasteiger partial charge in [0.05, 0.1) is 25.3 Å². The molecule has 1 aromatic carbocycles. The number of esters is 2. The number of thioether (sulfide) groups is 1. The number of methoxy groups -OCH3 is 2. The molecule has 9 nitrogen and oxygen atoms in total. The first-order valence-corrected chi connectivity index (χ1v) is 10.0. The van der Waals surface area contributed by atoms with E-state index < -0.39 is 17.8 Å². The number of carbonyl (C=O) groups is 3. The molecule has 1 fully saturated rings. The lowest BCUT2D eigenvalue weighted by Crippen LogP contribution is -2.19. The maximum atomic E-state index is 12.1. The number of rotatable bonds is 6. The van der Waals surface area contributed by atoms with Gasteiger partial charge in [-0.05, 0) is 47.0 Å². The number of ether oxygens (including phenoxy) is 3. The fourth-order valence-electron chi connectivity index (χ4n) is 2.18. The van der Waals surface area contributed by atoms with Gasteiger partial charge in [0.15, 0.2) is 16.7 Å². The Bertz CT molecular complexity index is 1060. The van der Waals surface area contributed by atoms with Gasteiger partial charge in [-0.1, -0.05) is 6.07 Å². The zero-order chi connectivity index (χ0) is 21.5. The Morgan fingerprint density at radius 3 is 2.70 bits per heavy atom.